The van der Waals surface area contributed by atoms with E-state index >= 15 is 0 Å². The number of hydrogen-bond donors (Lipinski definition) is 1. The molecule has 0 spiro atoms. The maximum Gasteiger partial charge on any atom is 0.230 e. The second-order valence-corrected chi connectivity index (χ2v) is 6.92. The molecule has 0 saturated heterocycles. The summed E-state index contributed by atoms with van der Waals surface area (Å²) in [5, 5.41) is 12.1. The molecule has 146 valence electrons. The van der Waals surface area contributed by atoms with E-state index in [2.05, 4.69) is 22.1 Å². The van der Waals surface area contributed by atoms with Crippen molar-refractivity contribution >= 4 is 17.7 Å². The van der Waals surface area contributed by atoms with Crippen molar-refractivity contribution in [3.63, 3.8) is 0 Å². The van der Waals surface area contributed by atoms with Crippen molar-refractivity contribution in [2.75, 3.05) is 12.9 Å². The summed E-state index contributed by atoms with van der Waals surface area (Å²) in [6.07, 6.45) is 3.39. The number of ether oxygens (including phenoxy) is 1. The van der Waals surface area contributed by atoms with E-state index in [0.29, 0.717) is 24.1 Å². The van der Waals surface area contributed by atoms with Crippen molar-refractivity contribution < 1.29 is 13.9 Å². The minimum Gasteiger partial charge on any atom is -0.496 e. The van der Waals surface area contributed by atoms with Gasteiger partial charge in [-0.3, -0.25) is 9.36 Å². The van der Waals surface area contributed by atoms with Crippen LogP contribution in [0.2, 0.25) is 0 Å². The van der Waals surface area contributed by atoms with Crippen LogP contribution in [-0.2, 0) is 17.9 Å². The topological polar surface area (TPSA) is 82.2 Å². The SMILES string of the molecule is C=CCn1c(SCC(=O)NCc2ccccc2OC)nnc1-c1ccoc1C. The smallest absolute Gasteiger partial charge is 0.230 e. The predicted molar refractivity (Wildman–Crippen MR) is 108 cm³/mol. The van der Waals surface area contributed by atoms with Crippen LogP contribution in [0, 0.1) is 6.92 Å². The third kappa shape index (κ3) is 4.45. The Kier molecular flexibility index (Phi) is 6.54. The standard InChI is InChI=1S/C20H22N4O3S/c1-4-10-24-19(16-9-11-27-14(16)2)22-23-20(24)28-13-18(25)21-12-15-7-5-6-8-17(15)26-3/h4-9,11H,1,10,12-13H2,2-3H3,(H,21,25). The quantitative estimate of drug-likeness (QED) is 0.439. The van der Waals surface area contributed by atoms with E-state index in [4.69, 9.17) is 9.15 Å². The first-order valence-corrected chi connectivity index (χ1v) is 9.72. The van der Waals surface area contributed by atoms with Gasteiger partial charge in [0.2, 0.25) is 5.91 Å². The minimum atomic E-state index is -0.0925. The number of aryl methyl sites for hydroxylation is 1. The fourth-order valence-corrected chi connectivity index (χ4v) is 3.51. The molecule has 0 atom stereocenters. The van der Waals surface area contributed by atoms with Gasteiger partial charge in [-0.2, -0.15) is 0 Å². The second-order valence-electron chi connectivity index (χ2n) is 5.97. The number of thioether (sulfide) groups is 1. The van der Waals surface area contributed by atoms with Gasteiger partial charge in [0, 0.05) is 18.7 Å². The molecule has 1 amide bonds. The molecule has 2 aromatic heterocycles. The third-order valence-electron chi connectivity index (χ3n) is 4.13. The minimum absolute atomic E-state index is 0.0925. The Morgan fingerprint density at radius 1 is 1.36 bits per heavy atom. The van der Waals surface area contributed by atoms with Crippen molar-refractivity contribution in [1.82, 2.24) is 20.1 Å². The van der Waals surface area contributed by atoms with Crippen LogP contribution in [0.3, 0.4) is 0 Å². The highest BCUT2D eigenvalue weighted by atomic mass is 32.2. The number of carbonyl (C=O) groups excluding carboxylic acids is 1. The maximum absolute atomic E-state index is 12.3. The van der Waals surface area contributed by atoms with E-state index in [9.17, 15) is 4.79 Å². The molecular weight excluding hydrogens is 376 g/mol. The second kappa shape index (κ2) is 9.27. The van der Waals surface area contributed by atoms with Crippen molar-refractivity contribution in [3.8, 4) is 17.1 Å². The number of nitrogens with one attached hydrogen (secondary N) is 1. The maximum atomic E-state index is 12.3. The molecule has 3 aromatic rings. The number of rotatable bonds is 9. The van der Waals surface area contributed by atoms with Gasteiger partial charge >= 0.3 is 0 Å². The van der Waals surface area contributed by atoms with Crippen LogP contribution in [0.5, 0.6) is 5.75 Å². The van der Waals surface area contributed by atoms with Gasteiger partial charge in [0.25, 0.3) is 0 Å². The molecule has 28 heavy (non-hydrogen) atoms. The molecule has 7 nitrogen and oxygen atoms in total. The zero-order valence-electron chi connectivity index (χ0n) is 15.8. The van der Waals surface area contributed by atoms with Gasteiger partial charge in [-0.15, -0.1) is 16.8 Å². The Morgan fingerprint density at radius 3 is 2.89 bits per heavy atom. The number of hydrogen-bond acceptors (Lipinski definition) is 6. The van der Waals surface area contributed by atoms with Gasteiger partial charge in [-0.05, 0) is 19.1 Å². The highest BCUT2D eigenvalue weighted by molar-refractivity contribution is 7.99. The summed E-state index contributed by atoms with van der Waals surface area (Å²) in [6, 6.07) is 9.45. The molecule has 0 aliphatic heterocycles. The van der Waals surface area contributed by atoms with Crippen LogP contribution in [-0.4, -0.2) is 33.5 Å². The summed E-state index contributed by atoms with van der Waals surface area (Å²) in [7, 11) is 1.61. The molecule has 0 radical (unpaired) electrons. The summed E-state index contributed by atoms with van der Waals surface area (Å²) in [4.78, 5) is 12.3. The van der Waals surface area contributed by atoms with Gasteiger partial charge < -0.3 is 14.5 Å². The molecule has 0 aliphatic rings. The Hall–Kier alpha value is -3.00. The number of para-hydroxylation sites is 1. The molecule has 8 heteroatoms. The summed E-state index contributed by atoms with van der Waals surface area (Å²) >= 11 is 1.33. The highest BCUT2D eigenvalue weighted by Crippen LogP contribution is 2.27. The number of allylic oxidation sites excluding steroid dienone is 1. The number of furan rings is 1. The lowest BCUT2D eigenvalue weighted by molar-refractivity contribution is -0.118. The first-order chi connectivity index (χ1) is 13.6. The number of methoxy groups -OCH3 is 1. The van der Waals surface area contributed by atoms with E-state index in [-0.39, 0.29) is 11.7 Å². The number of aromatic nitrogens is 3. The molecule has 0 aliphatic carbocycles. The Labute approximate surface area is 167 Å². The first kappa shape index (κ1) is 19.8. The average molecular weight is 398 g/mol. The number of nitrogens with zero attached hydrogens (tertiary/aromatic N) is 3. The zero-order valence-corrected chi connectivity index (χ0v) is 16.7. The lowest BCUT2D eigenvalue weighted by Gasteiger charge is -2.10. The van der Waals surface area contributed by atoms with E-state index in [0.717, 1.165) is 22.6 Å². The van der Waals surface area contributed by atoms with E-state index in [1.165, 1.54) is 11.8 Å². The molecule has 0 fully saturated rings. The van der Waals surface area contributed by atoms with Crippen LogP contribution in [0.25, 0.3) is 11.4 Å². The van der Waals surface area contributed by atoms with Crippen LogP contribution in [0.4, 0.5) is 0 Å². The fourth-order valence-electron chi connectivity index (χ4n) is 2.73. The molecular formula is C20H22N4O3S. The normalized spacial score (nSPS) is 10.6. The largest absolute Gasteiger partial charge is 0.496 e. The highest BCUT2D eigenvalue weighted by Gasteiger charge is 2.17. The summed E-state index contributed by atoms with van der Waals surface area (Å²) < 4.78 is 12.6. The lowest BCUT2D eigenvalue weighted by Crippen LogP contribution is -2.25. The van der Waals surface area contributed by atoms with E-state index in [1.54, 1.807) is 19.4 Å². The van der Waals surface area contributed by atoms with Gasteiger partial charge in [-0.1, -0.05) is 36.0 Å². The monoisotopic (exact) mass is 398 g/mol. The molecule has 0 saturated carbocycles. The number of carbonyl (C=O) groups is 1. The summed E-state index contributed by atoms with van der Waals surface area (Å²) in [5.74, 6) is 2.35. The molecule has 1 aromatic carbocycles. The Morgan fingerprint density at radius 2 is 2.18 bits per heavy atom. The zero-order chi connectivity index (χ0) is 19.9. The van der Waals surface area contributed by atoms with Crippen molar-refractivity contribution in [2.24, 2.45) is 0 Å². The molecule has 0 unspecified atom stereocenters. The fraction of sp³-hybridized carbons (Fsp3) is 0.250. The third-order valence-corrected chi connectivity index (χ3v) is 5.10. The van der Waals surface area contributed by atoms with Crippen LogP contribution >= 0.6 is 11.8 Å². The van der Waals surface area contributed by atoms with Crippen molar-refractivity contribution in [1.29, 1.82) is 0 Å². The first-order valence-electron chi connectivity index (χ1n) is 8.74. The van der Waals surface area contributed by atoms with Crippen LogP contribution in [0.15, 0.2) is 58.8 Å². The molecule has 2 heterocycles. The van der Waals surface area contributed by atoms with Crippen molar-refractivity contribution in [3.05, 3.63) is 60.6 Å². The Bertz CT molecular complexity index is 964. The average Bonchev–Trinajstić information content (AvgIpc) is 3.31. The number of amides is 1. The number of benzene rings is 1. The molecule has 1 N–H and O–H groups in total. The van der Waals surface area contributed by atoms with Gasteiger partial charge in [0.1, 0.15) is 11.5 Å². The predicted octanol–water partition coefficient (Wildman–Crippen LogP) is 3.45. The molecule has 3 rings (SSSR count). The van der Waals surface area contributed by atoms with Crippen LogP contribution in [0.1, 0.15) is 11.3 Å². The van der Waals surface area contributed by atoms with E-state index < -0.39 is 0 Å². The van der Waals surface area contributed by atoms with Crippen LogP contribution < -0.4 is 10.1 Å². The summed E-state index contributed by atoms with van der Waals surface area (Å²) in [6.45, 7) is 6.62. The van der Waals surface area contributed by atoms with Gasteiger partial charge in [0.05, 0.1) is 24.7 Å². The Balaban J connectivity index is 1.64. The van der Waals surface area contributed by atoms with Gasteiger partial charge in [-0.25, -0.2) is 0 Å². The summed E-state index contributed by atoms with van der Waals surface area (Å²) in [5.41, 5.74) is 1.80. The van der Waals surface area contributed by atoms with Gasteiger partial charge in [0.15, 0.2) is 11.0 Å². The van der Waals surface area contributed by atoms with E-state index in [1.807, 2.05) is 41.8 Å². The lowest BCUT2D eigenvalue weighted by atomic mass is 10.2. The molecule has 0 bridgehead atoms. The van der Waals surface area contributed by atoms with Crippen molar-refractivity contribution in [2.45, 2.75) is 25.2 Å².